The van der Waals surface area contributed by atoms with Crippen molar-refractivity contribution in [1.82, 2.24) is 4.90 Å². The van der Waals surface area contributed by atoms with Crippen molar-refractivity contribution in [2.75, 3.05) is 25.0 Å². The zero-order valence-electron chi connectivity index (χ0n) is 13.4. The minimum atomic E-state index is -0.0151. The highest BCUT2D eigenvalue weighted by Crippen LogP contribution is 2.13. The van der Waals surface area contributed by atoms with E-state index >= 15 is 0 Å². The first-order valence-electron chi connectivity index (χ1n) is 7.51. The van der Waals surface area contributed by atoms with Crippen molar-refractivity contribution < 1.29 is 4.79 Å². The first-order chi connectivity index (χ1) is 10.7. The monoisotopic (exact) mass is 333 g/mol. The summed E-state index contributed by atoms with van der Waals surface area (Å²) in [4.78, 5) is 14.3. The number of para-hydroxylation sites is 1. The fourth-order valence-electron chi connectivity index (χ4n) is 2.34. The number of amides is 1. The molecule has 124 valence electrons. The lowest BCUT2D eigenvalue weighted by Gasteiger charge is -2.21. The minimum Gasteiger partial charge on any atom is -0.329 e. The molecule has 0 fully saturated rings. The SMILES string of the molecule is Cc1ccccc1NC(=O)CN(CCN)Cc1ccccc1.Cl. The second-order valence-corrected chi connectivity index (χ2v) is 5.35. The normalized spacial score (nSPS) is 10.2. The van der Waals surface area contributed by atoms with Gasteiger partial charge >= 0.3 is 0 Å². The summed E-state index contributed by atoms with van der Waals surface area (Å²) in [7, 11) is 0. The number of anilines is 1. The van der Waals surface area contributed by atoms with Gasteiger partial charge in [0.1, 0.15) is 0 Å². The number of carbonyl (C=O) groups is 1. The number of hydrogen-bond acceptors (Lipinski definition) is 3. The molecule has 0 saturated carbocycles. The maximum Gasteiger partial charge on any atom is 0.238 e. The van der Waals surface area contributed by atoms with Crippen molar-refractivity contribution in [1.29, 1.82) is 0 Å². The lowest BCUT2D eigenvalue weighted by atomic mass is 10.2. The van der Waals surface area contributed by atoms with Crippen LogP contribution < -0.4 is 11.1 Å². The van der Waals surface area contributed by atoms with E-state index in [9.17, 15) is 4.79 Å². The van der Waals surface area contributed by atoms with Crippen molar-refractivity contribution in [2.45, 2.75) is 13.5 Å². The molecule has 1 amide bonds. The number of carbonyl (C=O) groups excluding carboxylic acids is 1. The van der Waals surface area contributed by atoms with Crippen LogP contribution >= 0.6 is 12.4 Å². The van der Waals surface area contributed by atoms with Crippen LogP contribution in [0.15, 0.2) is 54.6 Å². The molecule has 3 N–H and O–H groups in total. The van der Waals surface area contributed by atoms with Crippen molar-refractivity contribution >= 4 is 24.0 Å². The molecule has 0 heterocycles. The first-order valence-corrected chi connectivity index (χ1v) is 7.51. The van der Waals surface area contributed by atoms with Gasteiger partial charge in [-0.1, -0.05) is 48.5 Å². The predicted octanol–water partition coefficient (Wildman–Crippen LogP) is 2.82. The first kappa shape index (κ1) is 19.2. The van der Waals surface area contributed by atoms with E-state index < -0.39 is 0 Å². The van der Waals surface area contributed by atoms with Crippen LogP contribution in [-0.2, 0) is 11.3 Å². The molecule has 0 atom stereocenters. The summed E-state index contributed by atoms with van der Waals surface area (Å²) in [6.07, 6.45) is 0. The predicted molar refractivity (Wildman–Crippen MR) is 97.8 cm³/mol. The molecule has 23 heavy (non-hydrogen) atoms. The van der Waals surface area contributed by atoms with Crippen molar-refractivity contribution in [3.8, 4) is 0 Å². The average molecular weight is 334 g/mol. The van der Waals surface area contributed by atoms with E-state index in [0.29, 0.717) is 19.6 Å². The highest BCUT2D eigenvalue weighted by Gasteiger charge is 2.11. The standard InChI is InChI=1S/C18H23N3O.ClH/c1-15-7-5-6-10-17(15)20-18(22)14-21(12-11-19)13-16-8-3-2-4-9-16;/h2-10H,11-14,19H2,1H3,(H,20,22);1H. The number of halogens is 1. The van der Waals surface area contributed by atoms with Gasteiger partial charge in [-0.25, -0.2) is 0 Å². The molecule has 2 aromatic rings. The molecule has 0 radical (unpaired) electrons. The van der Waals surface area contributed by atoms with Gasteiger partial charge < -0.3 is 11.1 Å². The quantitative estimate of drug-likeness (QED) is 0.819. The van der Waals surface area contributed by atoms with Gasteiger partial charge in [0.2, 0.25) is 5.91 Å². The third-order valence-corrected chi connectivity index (χ3v) is 3.48. The molecule has 0 unspecified atom stereocenters. The van der Waals surface area contributed by atoms with E-state index in [0.717, 1.165) is 17.8 Å². The number of nitrogens with two attached hydrogens (primary N) is 1. The van der Waals surface area contributed by atoms with Crippen LogP contribution in [0.3, 0.4) is 0 Å². The fraction of sp³-hybridized carbons (Fsp3) is 0.278. The summed E-state index contributed by atoms with van der Waals surface area (Å²) < 4.78 is 0. The summed E-state index contributed by atoms with van der Waals surface area (Å²) in [6, 6.07) is 17.9. The Balaban J connectivity index is 0.00000264. The Morgan fingerprint density at radius 1 is 1.09 bits per heavy atom. The molecule has 5 heteroatoms. The molecule has 0 aliphatic rings. The molecule has 0 bridgehead atoms. The summed E-state index contributed by atoms with van der Waals surface area (Å²) in [5.41, 5.74) is 8.76. The van der Waals surface area contributed by atoms with Gasteiger partial charge in [-0.05, 0) is 24.1 Å². The minimum absolute atomic E-state index is 0. The number of hydrogen-bond donors (Lipinski definition) is 2. The third kappa shape index (κ3) is 6.40. The molecular formula is C18H24ClN3O. The maximum absolute atomic E-state index is 12.2. The van der Waals surface area contributed by atoms with Gasteiger partial charge in [-0.15, -0.1) is 12.4 Å². The van der Waals surface area contributed by atoms with Gasteiger partial charge in [0.25, 0.3) is 0 Å². The van der Waals surface area contributed by atoms with Crippen molar-refractivity contribution in [2.24, 2.45) is 5.73 Å². The number of nitrogens with zero attached hydrogens (tertiary/aromatic N) is 1. The van der Waals surface area contributed by atoms with Crippen LogP contribution in [0.5, 0.6) is 0 Å². The van der Waals surface area contributed by atoms with E-state index in [1.165, 1.54) is 5.56 Å². The molecule has 2 rings (SSSR count). The smallest absolute Gasteiger partial charge is 0.238 e. The Hall–Kier alpha value is -1.88. The van der Waals surface area contributed by atoms with E-state index in [-0.39, 0.29) is 18.3 Å². The molecule has 4 nitrogen and oxygen atoms in total. The Labute approximate surface area is 144 Å². The molecule has 0 aliphatic carbocycles. The van der Waals surface area contributed by atoms with Crippen molar-refractivity contribution in [3.05, 3.63) is 65.7 Å². The van der Waals surface area contributed by atoms with E-state index in [2.05, 4.69) is 22.3 Å². The molecule has 0 aliphatic heterocycles. The van der Waals surface area contributed by atoms with Gasteiger partial charge in [0, 0.05) is 25.3 Å². The molecular weight excluding hydrogens is 310 g/mol. The van der Waals surface area contributed by atoms with Crippen molar-refractivity contribution in [3.63, 3.8) is 0 Å². The highest BCUT2D eigenvalue weighted by atomic mass is 35.5. The second-order valence-electron chi connectivity index (χ2n) is 5.35. The zero-order chi connectivity index (χ0) is 15.8. The van der Waals surface area contributed by atoms with Gasteiger partial charge in [0.05, 0.1) is 6.54 Å². The Kier molecular flexibility index (Phi) is 8.33. The molecule has 0 saturated heterocycles. The number of benzene rings is 2. The molecule has 0 aromatic heterocycles. The van der Waals surface area contributed by atoms with E-state index in [1.54, 1.807) is 0 Å². The summed E-state index contributed by atoms with van der Waals surface area (Å²) in [5.74, 6) is -0.0151. The largest absolute Gasteiger partial charge is 0.329 e. The topological polar surface area (TPSA) is 58.4 Å². The Morgan fingerprint density at radius 3 is 2.39 bits per heavy atom. The lowest BCUT2D eigenvalue weighted by molar-refractivity contribution is -0.117. The molecule has 0 spiro atoms. The van der Waals surface area contributed by atoms with Crippen LogP contribution in [0.2, 0.25) is 0 Å². The third-order valence-electron chi connectivity index (χ3n) is 3.48. The molecule has 2 aromatic carbocycles. The van der Waals surface area contributed by atoms with E-state index in [1.807, 2.05) is 49.4 Å². The highest BCUT2D eigenvalue weighted by molar-refractivity contribution is 5.92. The van der Waals surface area contributed by atoms with Crippen LogP contribution in [-0.4, -0.2) is 30.4 Å². The maximum atomic E-state index is 12.2. The van der Waals surface area contributed by atoms with Crippen LogP contribution in [0.25, 0.3) is 0 Å². The number of aryl methyl sites for hydroxylation is 1. The van der Waals surface area contributed by atoms with Crippen LogP contribution in [0.1, 0.15) is 11.1 Å². The van der Waals surface area contributed by atoms with E-state index in [4.69, 9.17) is 5.73 Å². The fourth-order valence-corrected chi connectivity index (χ4v) is 2.34. The van der Waals surface area contributed by atoms with Gasteiger partial charge in [-0.3, -0.25) is 9.69 Å². The average Bonchev–Trinajstić information content (AvgIpc) is 2.51. The van der Waals surface area contributed by atoms with Gasteiger partial charge in [-0.2, -0.15) is 0 Å². The van der Waals surface area contributed by atoms with Gasteiger partial charge in [0.15, 0.2) is 0 Å². The second kappa shape index (κ2) is 10.0. The summed E-state index contributed by atoms with van der Waals surface area (Å²) in [6.45, 7) is 4.26. The zero-order valence-corrected chi connectivity index (χ0v) is 14.2. The number of nitrogens with one attached hydrogen (secondary N) is 1. The number of rotatable bonds is 7. The Morgan fingerprint density at radius 2 is 1.74 bits per heavy atom. The van der Waals surface area contributed by atoms with Crippen LogP contribution in [0.4, 0.5) is 5.69 Å². The lowest BCUT2D eigenvalue weighted by Crippen LogP contribution is -2.36. The Bertz CT molecular complexity index is 604. The summed E-state index contributed by atoms with van der Waals surface area (Å²) >= 11 is 0. The van der Waals surface area contributed by atoms with Crippen LogP contribution in [0, 0.1) is 6.92 Å². The summed E-state index contributed by atoms with van der Waals surface area (Å²) in [5, 5.41) is 2.96.